The number of carboxylic acids is 1. The van der Waals surface area contributed by atoms with Crippen LogP contribution in [-0.2, 0) is 0 Å². The van der Waals surface area contributed by atoms with Crippen molar-refractivity contribution in [2.75, 3.05) is 0 Å². The smallest absolute Gasteiger partial charge is 0.339 e. The van der Waals surface area contributed by atoms with Crippen LogP contribution in [0.5, 0.6) is 0 Å². The monoisotopic (exact) mass is 348 g/mol. The van der Waals surface area contributed by atoms with Crippen molar-refractivity contribution >= 4 is 40.1 Å². The predicted molar refractivity (Wildman–Crippen MR) is 89.6 cm³/mol. The Hall–Kier alpha value is -2.30. The van der Waals surface area contributed by atoms with Crippen LogP contribution in [0.3, 0.4) is 0 Å². The van der Waals surface area contributed by atoms with E-state index < -0.39 is 5.97 Å². The van der Waals surface area contributed by atoms with Crippen molar-refractivity contribution in [3.05, 3.63) is 67.8 Å². The van der Waals surface area contributed by atoms with E-state index in [1.54, 1.807) is 19.1 Å². The highest BCUT2D eigenvalue weighted by Gasteiger charge is 2.19. The fourth-order valence-electron chi connectivity index (χ4n) is 2.41. The van der Waals surface area contributed by atoms with E-state index in [2.05, 4.69) is 0 Å². The maximum Gasteiger partial charge on any atom is 0.339 e. The molecule has 0 amide bonds. The highest BCUT2D eigenvalue weighted by molar-refractivity contribution is 6.36. The van der Waals surface area contributed by atoms with E-state index in [9.17, 15) is 14.7 Å². The molecule has 1 N–H and O–H groups in total. The summed E-state index contributed by atoms with van der Waals surface area (Å²) in [5.41, 5.74) is 0.481. The molecule has 116 valence electrons. The van der Waals surface area contributed by atoms with Crippen LogP contribution in [0.25, 0.3) is 22.3 Å². The van der Waals surface area contributed by atoms with Gasteiger partial charge >= 0.3 is 5.97 Å². The van der Waals surface area contributed by atoms with Crippen LogP contribution in [0.1, 0.15) is 15.9 Å². The molecule has 3 rings (SSSR count). The highest BCUT2D eigenvalue weighted by Crippen LogP contribution is 2.33. The first-order chi connectivity index (χ1) is 10.9. The second-order valence-electron chi connectivity index (χ2n) is 5.00. The second-order valence-corrected chi connectivity index (χ2v) is 5.84. The Morgan fingerprint density at radius 1 is 1.17 bits per heavy atom. The first-order valence-corrected chi connectivity index (χ1v) is 7.41. The van der Waals surface area contributed by atoms with Gasteiger partial charge < -0.3 is 9.52 Å². The van der Waals surface area contributed by atoms with Crippen LogP contribution in [0.2, 0.25) is 10.0 Å². The molecule has 0 saturated carbocycles. The van der Waals surface area contributed by atoms with Gasteiger partial charge in [0.1, 0.15) is 11.3 Å². The molecular formula is C17H10Cl2O4. The number of hydrogen-bond donors (Lipinski definition) is 1. The first-order valence-electron chi connectivity index (χ1n) is 6.65. The van der Waals surface area contributed by atoms with E-state index in [1.807, 2.05) is 0 Å². The predicted octanol–water partition coefficient (Wildman–Crippen LogP) is 4.77. The van der Waals surface area contributed by atoms with Crippen molar-refractivity contribution in [3.8, 4) is 11.3 Å². The normalized spacial score (nSPS) is 10.9. The van der Waals surface area contributed by atoms with Gasteiger partial charge in [-0.1, -0.05) is 29.3 Å². The number of halogens is 2. The zero-order valence-corrected chi connectivity index (χ0v) is 13.4. The summed E-state index contributed by atoms with van der Waals surface area (Å²) in [5.74, 6) is -0.936. The lowest BCUT2D eigenvalue weighted by Crippen LogP contribution is -2.09. The molecule has 0 fully saturated rings. The van der Waals surface area contributed by atoms with Gasteiger partial charge in [0.2, 0.25) is 0 Å². The number of benzene rings is 2. The summed E-state index contributed by atoms with van der Waals surface area (Å²) in [7, 11) is 0. The third-order valence-corrected chi connectivity index (χ3v) is 4.10. The Kier molecular flexibility index (Phi) is 3.88. The number of carboxylic acid groups (broad SMARTS) is 1. The van der Waals surface area contributed by atoms with Crippen LogP contribution in [0, 0.1) is 6.92 Å². The largest absolute Gasteiger partial charge is 0.478 e. The topological polar surface area (TPSA) is 67.5 Å². The van der Waals surface area contributed by atoms with E-state index in [4.69, 9.17) is 27.6 Å². The van der Waals surface area contributed by atoms with E-state index in [0.29, 0.717) is 21.2 Å². The van der Waals surface area contributed by atoms with Gasteiger partial charge in [0.05, 0.1) is 10.4 Å². The van der Waals surface area contributed by atoms with E-state index in [0.717, 1.165) is 0 Å². The van der Waals surface area contributed by atoms with Crippen molar-refractivity contribution in [2.45, 2.75) is 6.92 Å². The molecule has 23 heavy (non-hydrogen) atoms. The van der Waals surface area contributed by atoms with E-state index in [1.165, 1.54) is 24.3 Å². The summed E-state index contributed by atoms with van der Waals surface area (Å²) in [6.45, 7) is 1.61. The average Bonchev–Trinajstić information content (AvgIpc) is 2.50. The zero-order chi connectivity index (χ0) is 16.7. The fourth-order valence-corrected chi connectivity index (χ4v) is 2.90. The van der Waals surface area contributed by atoms with Crippen molar-refractivity contribution in [1.82, 2.24) is 0 Å². The molecular weight excluding hydrogens is 339 g/mol. The van der Waals surface area contributed by atoms with Crippen LogP contribution >= 0.6 is 23.2 Å². The summed E-state index contributed by atoms with van der Waals surface area (Å²) in [6.07, 6.45) is 0. The van der Waals surface area contributed by atoms with Crippen LogP contribution in [0.4, 0.5) is 0 Å². The number of carbonyl (C=O) groups is 1. The van der Waals surface area contributed by atoms with Gasteiger partial charge in [0.25, 0.3) is 0 Å². The molecule has 0 saturated heterocycles. The lowest BCUT2D eigenvalue weighted by Gasteiger charge is -2.10. The molecule has 2 aromatic carbocycles. The summed E-state index contributed by atoms with van der Waals surface area (Å²) in [6, 6.07) is 9.22. The Labute approximate surface area is 140 Å². The number of para-hydroxylation sites is 1. The molecule has 0 spiro atoms. The molecule has 1 heterocycles. The van der Waals surface area contributed by atoms with Gasteiger partial charge in [0, 0.05) is 16.1 Å². The number of fused-ring (bicyclic) bond motifs is 1. The quantitative estimate of drug-likeness (QED) is 0.723. The van der Waals surface area contributed by atoms with Crippen molar-refractivity contribution in [3.63, 3.8) is 0 Å². The minimum absolute atomic E-state index is 0.0246. The standard InChI is InChI=1S/C17H10Cl2O4/c1-8-14(20)11-3-2-4-12(17(21)22)16(11)23-15(8)10-6-5-9(18)7-13(10)19/h2-7H,1H3,(H,21,22). The molecule has 1 aromatic heterocycles. The zero-order valence-electron chi connectivity index (χ0n) is 11.9. The van der Waals surface area contributed by atoms with Gasteiger partial charge in [0.15, 0.2) is 11.0 Å². The molecule has 6 heteroatoms. The molecule has 3 aromatic rings. The molecule has 0 aliphatic heterocycles. The third kappa shape index (κ3) is 2.60. The molecule has 0 aliphatic rings. The Bertz CT molecular complexity index is 1010. The molecule has 0 radical (unpaired) electrons. The van der Waals surface area contributed by atoms with Gasteiger partial charge in [-0.3, -0.25) is 4.79 Å². The van der Waals surface area contributed by atoms with E-state index in [-0.39, 0.29) is 27.7 Å². The summed E-state index contributed by atoms with van der Waals surface area (Å²) < 4.78 is 5.76. The van der Waals surface area contributed by atoms with Crippen LogP contribution in [-0.4, -0.2) is 11.1 Å². The van der Waals surface area contributed by atoms with Crippen LogP contribution in [0.15, 0.2) is 45.6 Å². The molecule has 0 bridgehead atoms. The van der Waals surface area contributed by atoms with Crippen molar-refractivity contribution in [2.24, 2.45) is 0 Å². The average molecular weight is 349 g/mol. The maximum atomic E-state index is 12.6. The minimum Gasteiger partial charge on any atom is -0.478 e. The SMILES string of the molecule is Cc1c(-c2ccc(Cl)cc2Cl)oc2c(C(=O)O)cccc2c1=O. The number of hydrogen-bond acceptors (Lipinski definition) is 3. The lowest BCUT2D eigenvalue weighted by atomic mass is 10.0. The Balaban J connectivity index is 2.43. The first kappa shape index (κ1) is 15.6. The van der Waals surface area contributed by atoms with Crippen molar-refractivity contribution < 1.29 is 14.3 Å². The molecule has 0 aliphatic carbocycles. The number of rotatable bonds is 2. The molecule has 0 unspecified atom stereocenters. The summed E-state index contributed by atoms with van der Waals surface area (Å²) in [4.78, 5) is 23.9. The Morgan fingerprint density at radius 2 is 1.91 bits per heavy atom. The van der Waals surface area contributed by atoms with Crippen molar-refractivity contribution in [1.29, 1.82) is 0 Å². The Morgan fingerprint density at radius 3 is 2.57 bits per heavy atom. The lowest BCUT2D eigenvalue weighted by molar-refractivity contribution is 0.0698. The molecule has 4 nitrogen and oxygen atoms in total. The van der Waals surface area contributed by atoms with E-state index >= 15 is 0 Å². The summed E-state index contributed by atoms with van der Waals surface area (Å²) in [5, 5.41) is 10.3. The van der Waals surface area contributed by atoms with Crippen LogP contribution < -0.4 is 5.43 Å². The third-order valence-electron chi connectivity index (χ3n) is 3.55. The second kappa shape index (κ2) is 5.72. The van der Waals surface area contributed by atoms with Gasteiger partial charge in [-0.2, -0.15) is 0 Å². The fraction of sp³-hybridized carbons (Fsp3) is 0.0588. The maximum absolute atomic E-state index is 12.6. The summed E-state index contributed by atoms with van der Waals surface area (Å²) >= 11 is 12.1. The van der Waals surface area contributed by atoms with Gasteiger partial charge in [-0.25, -0.2) is 4.79 Å². The highest BCUT2D eigenvalue weighted by atomic mass is 35.5. The van der Waals surface area contributed by atoms with Gasteiger partial charge in [-0.15, -0.1) is 0 Å². The number of aromatic carboxylic acids is 1. The van der Waals surface area contributed by atoms with Gasteiger partial charge in [-0.05, 0) is 37.3 Å². The minimum atomic E-state index is -1.17. The molecule has 0 atom stereocenters.